The highest BCUT2D eigenvalue weighted by Crippen LogP contribution is 2.31. The van der Waals surface area contributed by atoms with Crippen LogP contribution < -0.4 is 11.1 Å². The molecular formula is C14H26N2O2. The summed E-state index contributed by atoms with van der Waals surface area (Å²) in [7, 11) is 0. The van der Waals surface area contributed by atoms with Crippen LogP contribution in [0, 0.1) is 11.8 Å². The van der Waals surface area contributed by atoms with Gasteiger partial charge < -0.3 is 15.8 Å². The molecule has 2 rings (SSSR count). The van der Waals surface area contributed by atoms with Gasteiger partial charge in [0.25, 0.3) is 0 Å². The van der Waals surface area contributed by atoms with Crippen molar-refractivity contribution in [3.63, 3.8) is 0 Å². The molecule has 2 aliphatic carbocycles. The Hall–Kier alpha value is -0.610. The quantitative estimate of drug-likeness (QED) is 0.754. The van der Waals surface area contributed by atoms with Crippen molar-refractivity contribution < 1.29 is 9.53 Å². The van der Waals surface area contributed by atoms with Crippen LogP contribution in [0.25, 0.3) is 0 Å². The van der Waals surface area contributed by atoms with Gasteiger partial charge in [-0.15, -0.1) is 0 Å². The van der Waals surface area contributed by atoms with Crippen LogP contribution in [0.3, 0.4) is 0 Å². The minimum absolute atomic E-state index is 0.0242. The predicted octanol–water partition coefficient (Wildman–Crippen LogP) is 1.44. The number of carbonyl (C=O) groups is 1. The molecule has 0 aromatic heterocycles. The van der Waals surface area contributed by atoms with E-state index in [0.717, 1.165) is 6.42 Å². The van der Waals surface area contributed by atoms with Gasteiger partial charge in [-0.05, 0) is 37.5 Å². The second-order valence-electron chi connectivity index (χ2n) is 5.92. The van der Waals surface area contributed by atoms with Crippen LogP contribution in [0.4, 0.5) is 0 Å². The average molecular weight is 254 g/mol. The van der Waals surface area contributed by atoms with Gasteiger partial charge in [-0.2, -0.15) is 0 Å². The highest BCUT2D eigenvalue weighted by Gasteiger charge is 2.28. The van der Waals surface area contributed by atoms with Gasteiger partial charge in [0.2, 0.25) is 5.91 Å². The van der Waals surface area contributed by atoms with Crippen LogP contribution >= 0.6 is 0 Å². The van der Waals surface area contributed by atoms with Gasteiger partial charge in [-0.3, -0.25) is 4.79 Å². The van der Waals surface area contributed by atoms with E-state index in [9.17, 15) is 4.79 Å². The van der Waals surface area contributed by atoms with Gasteiger partial charge in [0.1, 0.15) is 6.61 Å². The molecule has 3 unspecified atom stereocenters. The number of amides is 1. The molecule has 0 saturated heterocycles. The summed E-state index contributed by atoms with van der Waals surface area (Å²) in [5, 5.41) is 2.87. The molecule has 0 aliphatic heterocycles. The van der Waals surface area contributed by atoms with Crippen LogP contribution in [0.1, 0.15) is 45.4 Å². The molecule has 104 valence electrons. The Morgan fingerprint density at radius 2 is 2.06 bits per heavy atom. The molecule has 4 heteroatoms. The van der Waals surface area contributed by atoms with Crippen molar-refractivity contribution >= 4 is 5.91 Å². The molecule has 0 radical (unpaired) electrons. The normalized spacial score (nSPS) is 29.9. The molecule has 18 heavy (non-hydrogen) atoms. The van der Waals surface area contributed by atoms with Crippen LogP contribution in [-0.4, -0.2) is 31.2 Å². The van der Waals surface area contributed by atoms with E-state index in [4.69, 9.17) is 10.5 Å². The van der Waals surface area contributed by atoms with E-state index in [1.165, 1.54) is 32.1 Å². The van der Waals surface area contributed by atoms with E-state index in [0.29, 0.717) is 18.4 Å². The first-order chi connectivity index (χ1) is 8.66. The van der Waals surface area contributed by atoms with Gasteiger partial charge in [-0.1, -0.05) is 19.8 Å². The van der Waals surface area contributed by atoms with Crippen molar-refractivity contribution in [2.24, 2.45) is 17.6 Å². The fraction of sp³-hybridized carbons (Fsp3) is 0.929. The number of rotatable bonds is 6. The van der Waals surface area contributed by atoms with Gasteiger partial charge in [0.05, 0.1) is 6.10 Å². The van der Waals surface area contributed by atoms with Crippen molar-refractivity contribution in [2.45, 2.75) is 57.6 Å². The number of nitrogens with one attached hydrogen (secondary N) is 1. The summed E-state index contributed by atoms with van der Waals surface area (Å²) in [6.07, 6.45) is 7.53. The molecule has 0 heterocycles. The molecular weight excluding hydrogens is 228 g/mol. The number of hydrogen-bond acceptors (Lipinski definition) is 3. The first-order valence-electron chi connectivity index (χ1n) is 7.30. The monoisotopic (exact) mass is 254 g/mol. The minimum atomic E-state index is -0.0242. The Labute approximate surface area is 110 Å². The third-order valence-electron chi connectivity index (χ3n) is 4.22. The summed E-state index contributed by atoms with van der Waals surface area (Å²) in [5.74, 6) is 1.19. The average Bonchev–Trinajstić information content (AvgIpc) is 3.19. The predicted molar refractivity (Wildman–Crippen MR) is 71.1 cm³/mol. The van der Waals surface area contributed by atoms with Gasteiger partial charge in [-0.25, -0.2) is 0 Å². The highest BCUT2D eigenvalue weighted by atomic mass is 16.5. The van der Waals surface area contributed by atoms with Crippen LogP contribution in [-0.2, 0) is 9.53 Å². The van der Waals surface area contributed by atoms with Gasteiger partial charge >= 0.3 is 0 Å². The zero-order valence-electron chi connectivity index (χ0n) is 11.4. The van der Waals surface area contributed by atoms with Gasteiger partial charge in [0.15, 0.2) is 0 Å². The lowest BCUT2D eigenvalue weighted by Gasteiger charge is -2.28. The molecule has 4 nitrogen and oxygen atoms in total. The zero-order valence-corrected chi connectivity index (χ0v) is 11.4. The fourth-order valence-electron chi connectivity index (χ4n) is 2.69. The first kappa shape index (κ1) is 13.8. The fourth-order valence-corrected chi connectivity index (χ4v) is 2.69. The maximum atomic E-state index is 11.6. The van der Waals surface area contributed by atoms with E-state index in [2.05, 4.69) is 12.2 Å². The third-order valence-corrected chi connectivity index (χ3v) is 4.22. The third kappa shape index (κ3) is 4.25. The smallest absolute Gasteiger partial charge is 0.246 e. The second-order valence-corrected chi connectivity index (χ2v) is 5.92. The van der Waals surface area contributed by atoms with Crippen molar-refractivity contribution in [1.82, 2.24) is 5.32 Å². The maximum absolute atomic E-state index is 11.6. The van der Waals surface area contributed by atoms with Crippen LogP contribution in [0.2, 0.25) is 0 Å². The summed E-state index contributed by atoms with van der Waals surface area (Å²) in [6.45, 7) is 2.99. The summed E-state index contributed by atoms with van der Waals surface area (Å²) in [5.41, 5.74) is 5.93. The number of hydrogen-bond donors (Lipinski definition) is 2. The van der Waals surface area contributed by atoms with Crippen LogP contribution in [0.5, 0.6) is 0 Å². The standard InChI is InChI=1S/C14H26N2O2/c1-10-4-2-3-5-13(10)18-9-14(17)16-8-12(15)11-6-7-11/h10-13H,2-9,15H2,1H3,(H,16,17). The molecule has 3 atom stereocenters. The zero-order chi connectivity index (χ0) is 13.0. The van der Waals surface area contributed by atoms with Gasteiger partial charge in [0, 0.05) is 12.6 Å². The molecule has 0 bridgehead atoms. The van der Waals surface area contributed by atoms with Crippen molar-refractivity contribution in [3.05, 3.63) is 0 Å². The minimum Gasteiger partial charge on any atom is -0.368 e. The Morgan fingerprint density at radius 1 is 1.33 bits per heavy atom. The first-order valence-corrected chi connectivity index (χ1v) is 7.30. The van der Waals surface area contributed by atoms with E-state index in [1.807, 2.05) is 0 Å². The lowest BCUT2D eigenvalue weighted by atomic mass is 9.88. The van der Waals surface area contributed by atoms with E-state index in [1.54, 1.807) is 0 Å². The molecule has 0 aromatic carbocycles. The summed E-state index contributed by atoms with van der Waals surface area (Å²) < 4.78 is 5.71. The van der Waals surface area contributed by atoms with Crippen LogP contribution in [0.15, 0.2) is 0 Å². The number of ether oxygens (including phenoxy) is 1. The Kier molecular flexibility index (Phi) is 5.01. The Balaban J connectivity index is 1.58. The van der Waals surface area contributed by atoms with Crippen molar-refractivity contribution in [1.29, 1.82) is 0 Å². The summed E-state index contributed by atoms with van der Waals surface area (Å²) in [6, 6.07) is 0.127. The Bertz CT molecular complexity index is 279. The van der Waals surface area contributed by atoms with E-state index < -0.39 is 0 Å². The molecule has 0 spiro atoms. The topological polar surface area (TPSA) is 64.3 Å². The molecule has 2 aliphatic rings. The number of nitrogens with two attached hydrogens (primary N) is 1. The Morgan fingerprint density at radius 3 is 2.72 bits per heavy atom. The molecule has 0 aromatic rings. The summed E-state index contributed by atoms with van der Waals surface area (Å²) >= 11 is 0. The summed E-state index contributed by atoms with van der Waals surface area (Å²) in [4.78, 5) is 11.6. The van der Waals surface area contributed by atoms with E-state index in [-0.39, 0.29) is 24.7 Å². The molecule has 2 saturated carbocycles. The largest absolute Gasteiger partial charge is 0.368 e. The van der Waals surface area contributed by atoms with Crippen molar-refractivity contribution in [3.8, 4) is 0 Å². The van der Waals surface area contributed by atoms with E-state index >= 15 is 0 Å². The lowest BCUT2D eigenvalue weighted by Crippen LogP contribution is -2.41. The van der Waals surface area contributed by atoms with Crippen molar-refractivity contribution in [2.75, 3.05) is 13.2 Å². The molecule has 3 N–H and O–H groups in total. The molecule has 1 amide bonds. The lowest BCUT2D eigenvalue weighted by molar-refractivity contribution is -0.129. The highest BCUT2D eigenvalue weighted by molar-refractivity contribution is 5.77. The second kappa shape index (κ2) is 6.53. The maximum Gasteiger partial charge on any atom is 0.246 e. The number of carbonyl (C=O) groups excluding carboxylic acids is 1. The SMILES string of the molecule is CC1CCCCC1OCC(=O)NCC(N)C1CC1. The molecule has 2 fully saturated rings.